The lowest BCUT2D eigenvalue weighted by Crippen LogP contribution is -2.38. The van der Waals surface area contributed by atoms with Gasteiger partial charge in [-0.2, -0.15) is 0 Å². The van der Waals surface area contributed by atoms with Gasteiger partial charge < -0.3 is 5.32 Å². The summed E-state index contributed by atoms with van der Waals surface area (Å²) in [7, 11) is 0. The van der Waals surface area contributed by atoms with Gasteiger partial charge in [-0.05, 0) is 48.2 Å². The van der Waals surface area contributed by atoms with E-state index < -0.39 is 5.91 Å². The number of pyridine rings is 2. The highest BCUT2D eigenvalue weighted by Gasteiger charge is 2.20. The van der Waals surface area contributed by atoms with Gasteiger partial charge in [-0.1, -0.05) is 11.6 Å². The van der Waals surface area contributed by atoms with Crippen LogP contribution in [0.2, 0.25) is 5.02 Å². The first-order valence-corrected chi connectivity index (χ1v) is 9.17. The van der Waals surface area contributed by atoms with Crippen molar-refractivity contribution in [2.45, 2.75) is 25.4 Å². The van der Waals surface area contributed by atoms with E-state index >= 15 is 0 Å². The van der Waals surface area contributed by atoms with Crippen molar-refractivity contribution in [3.8, 4) is 0 Å². The van der Waals surface area contributed by atoms with Gasteiger partial charge in [0.2, 0.25) is 0 Å². The molecule has 1 aliphatic heterocycles. The van der Waals surface area contributed by atoms with Crippen LogP contribution in [-0.4, -0.2) is 45.1 Å². The Kier molecular flexibility index (Phi) is 13.6. The highest BCUT2D eigenvalue weighted by molar-refractivity contribution is 6.33. The van der Waals surface area contributed by atoms with Crippen molar-refractivity contribution in [1.82, 2.24) is 20.3 Å². The molecule has 0 aliphatic carbocycles. The Morgan fingerprint density at radius 2 is 1.90 bits per heavy atom. The lowest BCUT2D eigenvalue weighted by atomic mass is 10.0. The zero-order chi connectivity index (χ0) is 19.1. The van der Waals surface area contributed by atoms with Crippen molar-refractivity contribution in [2.75, 3.05) is 18.4 Å². The first-order chi connectivity index (χ1) is 13.1. The molecule has 166 valence electrons. The van der Waals surface area contributed by atoms with Crippen molar-refractivity contribution in [1.29, 1.82) is 0 Å². The molecular weight excluding hydrogens is 472 g/mol. The van der Waals surface area contributed by atoms with Gasteiger partial charge in [0.15, 0.2) is 0 Å². The number of piperidine rings is 1. The van der Waals surface area contributed by atoms with E-state index in [0.717, 1.165) is 32.5 Å². The fraction of sp³-hybridized carbons (Fsp3) is 0.316. The molecule has 7 nitrogen and oxygen atoms in total. The minimum absolute atomic E-state index is 0. The smallest absolute Gasteiger partial charge is 0.267 e. The Morgan fingerprint density at radius 3 is 2.50 bits per heavy atom. The highest BCUT2D eigenvalue weighted by Crippen LogP contribution is 2.24. The molecule has 1 saturated heterocycles. The van der Waals surface area contributed by atoms with Gasteiger partial charge in [0.05, 0.1) is 5.02 Å². The third-order valence-corrected chi connectivity index (χ3v) is 4.77. The lowest BCUT2D eigenvalue weighted by Gasteiger charge is -2.32. The Hall–Kier alpha value is -1.61. The molecular formula is C19H25Cl4N5O2. The van der Waals surface area contributed by atoms with E-state index in [9.17, 15) is 4.79 Å². The highest BCUT2D eigenvalue weighted by atomic mass is 35.5. The molecule has 0 aromatic carbocycles. The van der Waals surface area contributed by atoms with Crippen molar-refractivity contribution in [2.24, 2.45) is 0 Å². The minimum Gasteiger partial charge on any atom is -0.366 e. The molecule has 1 aliphatic rings. The fourth-order valence-corrected chi connectivity index (χ4v) is 3.26. The molecule has 0 unspecified atom stereocenters. The number of hydrogen-bond donors (Lipinski definition) is 3. The number of amides is 1. The second kappa shape index (κ2) is 14.4. The minimum atomic E-state index is -0.605. The molecule has 0 radical (unpaired) electrons. The Bertz CT molecular complexity index is 803. The van der Waals surface area contributed by atoms with Crippen LogP contribution in [0.25, 0.3) is 6.08 Å². The summed E-state index contributed by atoms with van der Waals surface area (Å²) >= 11 is 6.31. The fourth-order valence-electron chi connectivity index (χ4n) is 3.03. The number of carbonyl (C=O) groups excluding carboxylic acids is 1. The molecule has 0 atom stereocenters. The molecule has 2 aromatic rings. The van der Waals surface area contributed by atoms with Crippen molar-refractivity contribution < 1.29 is 10.0 Å². The maximum Gasteiger partial charge on any atom is 0.267 e. The molecule has 0 spiro atoms. The molecule has 3 heterocycles. The van der Waals surface area contributed by atoms with Crippen LogP contribution in [0.5, 0.6) is 0 Å². The summed E-state index contributed by atoms with van der Waals surface area (Å²) in [5.74, 6) is 0.0415. The predicted octanol–water partition coefficient (Wildman–Crippen LogP) is 3.99. The van der Waals surface area contributed by atoms with Crippen molar-refractivity contribution in [3.63, 3.8) is 0 Å². The Morgan fingerprint density at radius 1 is 1.23 bits per heavy atom. The number of nitrogens with one attached hydrogen (secondary N) is 2. The number of anilines is 1. The second-order valence-corrected chi connectivity index (χ2v) is 6.87. The summed E-state index contributed by atoms with van der Waals surface area (Å²) in [5.41, 5.74) is 3.49. The van der Waals surface area contributed by atoms with Crippen LogP contribution in [-0.2, 0) is 11.3 Å². The van der Waals surface area contributed by atoms with Crippen molar-refractivity contribution in [3.05, 3.63) is 59.0 Å². The first-order valence-electron chi connectivity index (χ1n) is 8.79. The van der Waals surface area contributed by atoms with Gasteiger partial charge in [0, 0.05) is 50.3 Å². The van der Waals surface area contributed by atoms with E-state index in [1.165, 1.54) is 23.2 Å². The maximum atomic E-state index is 11.0. The number of likely N-dealkylation sites (tertiary alicyclic amines) is 1. The molecule has 3 N–H and O–H groups in total. The van der Waals surface area contributed by atoms with E-state index in [-0.39, 0.29) is 37.2 Å². The van der Waals surface area contributed by atoms with Crippen LogP contribution < -0.4 is 10.8 Å². The van der Waals surface area contributed by atoms with E-state index in [1.54, 1.807) is 12.3 Å². The van der Waals surface area contributed by atoms with E-state index in [0.29, 0.717) is 22.4 Å². The van der Waals surface area contributed by atoms with Gasteiger partial charge in [0.1, 0.15) is 5.82 Å². The number of halogens is 4. The molecule has 11 heteroatoms. The third kappa shape index (κ3) is 8.63. The molecule has 3 rings (SSSR count). The van der Waals surface area contributed by atoms with Crippen LogP contribution >= 0.6 is 48.8 Å². The average Bonchev–Trinajstić information content (AvgIpc) is 2.70. The van der Waals surface area contributed by atoms with Crippen LogP contribution in [0.3, 0.4) is 0 Å². The first kappa shape index (κ1) is 28.4. The van der Waals surface area contributed by atoms with E-state index in [1.807, 2.05) is 24.5 Å². The zero-order valence-corrected chi connectivity index (χ0v) is 19.2. The molecule has 30 heavy (non-hydrogen) atoms. The van der Waals surface area contributed by atoms with Gasteiger partial charge >= 0.3 is 0 Å². The standard InChI is InChI=1S/C19H22ClN5O2.3ClH/c20-17-11-15(1-2-18(26)24-27)12-22-19(17)23-16-5-9-25(10-6-16)13-14-3-7-21-8-4-14;;;/h1-4,7-8,11-12,16,27H,5-6,9-10,13H2,(H,22,23)(H,24,26);3*1H/b2-1+;;;. The number of aromatic nitrogens is 2. The quantitative estimate of drug-likeness (QED) is 0.318. The Labute approximate surface area is 199 Å². The SMILES string of the molecule is Cl.Cl.Cl.O=C(/C=C/c1cnc(NC2CCN(Cc3ccncc3)CC2)c(Cl)c1)NO. The normalized spacial score (nSPS) is 14.2. The van der Waals surface area contributed by atoms with Gasteiger partial charge in [-0.25, -0.2) is 10.5 Å². The number of hydrogen-bond acceptors (Lipinski definition) is 6. The number of hydroxylamine groups is 1. The Balaban J connectivity index is 0.00000280. The van der Waals surface area contributed by atoms with Crippen LogP contribution in [0.15, 0.2) is 42.9 Å². The maximum absolute atomic E-state index is 11.0. The topological polar surface area (TPSA) is 90.4 Å². The average molecular weight is 497 g/mol. The summed E-state index contributed by atoms with van der Waals surface area (Å²) in [5, 5.41) is 12.4. The predicted molar refractivity (Wildman–Crippen MR) is 126 cm³/mol. The summed E-state index contributed by atoms with van der Waals surface area (Å²) in [4.78, 5) is 21.9. The van der Waals surface area contributed by atoms with Gasteiger partial charge in [-0.3, -0.25) is 19.9 Å². The molecule has 1 amide bonds. The number of nitrogens with zero attached hydrogens (tertiary/aromatic N) is 3. The third-order valence-electron chi connectivity index (χ3n) is 4.48. The summed E-state index contributed by atoms with van der Waals surface area (Å²) < 4.78 is 0. The monoisotopic (exact) mass is 495 g/mol. The molecule has 2 aromatic heterocycles. The summed E-state index contributed by atoms with van der Waals surface area (Å²) in [6, 6.07) is 6.16. The van der Waals surface area contributed by atoms with Gasteiger partial charge in [0.25, 0.3) is 5.91 Å². The zero-order valence-electron chi connectivity index (χ0n) is 16.0. The summed E-state index contributed by atoms with van der Waals surface area (Å²) in [6.45, 7) is 2.96. The van der Waals surface area contributed by atoms with E-state index in [4.69, 9.17) is 16.8 Å². The van der Waals surface area contributed by atoms with Crippen LogP contribution in [0, 0.1) is 0 Å². The van der Waals surface area contributed by atoms with Gasteiger partial charge in [-0.15, -0.1) is 37.2 Å². The van der Waals surface area contributed by atoms with Crippen molar-refractivity contribution >= 4 is 66.6 Å². The second-order valence-electron chi connectivity index (χ2n) is 6.46. The lowest BCUT2D eigenvalue weighted by molar-refractivity contribution is -0.124. The van der Waals surface area contributed by atoms with Crippen LogP contribution in [0.1, 0.15) is 24.0 Å². The summed E-state index contributed by atoms with van der Waals surface area (Å²) in [6.07, 6.45) is 10.1. The number of carbonyl (C=O) groups is 1. The molecule has 0 saturated carbocycles. The molecule has 1 fully saturated rings. The van der Waals surface area contributed by atoms with Crippen LogP contribution in [0.4, 0.5) is 5.82 Å². The number of rotatable bonds is 6. The largest absolute Gasteiger partial charge is 0.366 e. The van der Waals surface area contributed by atoms with E-state index in [2.05, 4.69) is 20.2 Å². The molecule has 0 bridgehead atoms.